The van der Waals surface area contributed by atoms with Crippen molar-refractivity contribution in [3.05, 3.63) is 82.3 Å². The lowest BCUT2D eigenvalue weighted by atomic mass is 10.0. The summed E-state index contributed by atoms with van der Waals surface area (Å²) in [4.78, 5) is 15.4. The van der Waals surface area contributed by atoms with Gasteiger partial charge in [0.1, 0.15) is 0 Å². The van der Waals surface area contributed by atoms with Gasteiger partial charge in [-0.05, 0) is 79.2 Å². The van der Waals surface area contributed by atoms with Crippen molar-refractivity contribution in [2.45, 2.75) is 26.3 Å². The molecule has 1 aliphatic heterocycles. The lowest BCUT2D eigenvalue weighted by Gasteiger charge is -2.40. The minimum atomic E-state index is -0.150. The highest BCUT2D eigenvalue weighted by Gasteiger charge is 2.26. The van der Waals surface area contributed by atoms with Crippen LogP contribution in [0.2, 0.25) is 0 Å². The first-order chi connectivity index (χ1) is 15.3. The van der Waals surface area contributed by atoms with Crippen molar-refractivity contribution < 1.29 is 4.79 Å². The fourth-order valence-corrected chi connectivity index (χ4v) is 4.60. The Morgan fingerprint density at radius 1 is 1.03 bits per heavy atom. The smallest absolute Gasteiger partial charge is 0.257 e. The zero-order chi connectivity index (χ0) is 22.7. The van der Waals surface area contributed by atoms with Crippen LogP contribution >= 0.6 is 15.9 Å². The molecule has 0 unspecified atom stereocenters. The number of hydrogen-bond acceptors (Lipinski definition) is 4. The van der Waals surface area contributed by atoms with Crippen LogP contribution in [0.15, 0.2) is 71.2 Å². The number of rotatable bonds is 5. The van der Waals surface area contributed by atoms with Crippen LogP contribution in [0.4, 0.5) is 22.7 Å². The molecule has 3 aromatic carbocycles. The van der Waals surface area contributed by atoms with Gasteiger partial charge in [0.25, 0.3) is 5.91 Å². The second-order valence-electron chi connectivity index (χ2n) is 8.89. The van der Waals surface area contributed by atoms with Crippen LogP contribution in [-0.4, -0.2) is 31.1 Å². The number of piperazine rings is 1. The van der Waals surface area contributed by atoms with E-state index in [4.69, 9.17) is 0 Å². The van der Waals surface area contributed by atoms with Crippen LogP contribution in [0, 0.1) is 6.92 Å². The molecule has 3 aromatic rings. The van der Waals surface area contributed by atoms with Crippen LogP contribution in [0.1, 0.15) is 29.8 Å². The van der Waals surface area contributed by atoms with Crippen LogP contribution in [0.5, 0.6) is 0 Å². The SMILES string of the molecule is Cc1ccc(Nc2ccccc2C(=O)Nc2ccc(N3CCNC(C)(C)C3)c(Br)c2)cc1. The fraction of sp³-hybridized carbons (Fsp3) is 0.269. The highest BCUT2D eigenvalue weighted by Crippen LogP contribution is 2.31. The predicted octanol–water partition coefficient (Wildman–Crippen LogP) is 5.94. The van der Waals surface area contributed by atoms with Crippen molar-refractivity contribution in [2.75, 3.05) is 35.2 Å². The predicted molar refractivity (Wildman–Crippen MR) is 137 cm³/mol. The molecule has 1 heterocycles. The zero-order valence-corrected chi connectivity index (χ0v) is 20.3. The highest BCUT2D eigenvalue weighted by molar-refractivity contribution is 9.10. The van der Waals surface area contributed by atoms with Crippen LogP contribution < -0.4 is 20.9 Å². The lowest BCUT2D eigenvalue weighted by molar-refractivity contribution is 0.102. The Morgan fingerprint density at radius 2 is 1.75 bits per heavy atom. The van der Waals surface area contributed by atoms with E-state index >= 15 is 0 Å². The zero-order valence-electron chi connectivity index (χ0n) is 18.7. The topological polar surface area (TPSA) is 56.4 Å². The van der Waals surface area contributed by atoms with E-state index in [0.29, 0.717) is 5.56 Å². The summed E-state index contributed by atoms with van der Waals surface area (Å²) in [5.41, 5.74) is 5.47. The van der Waals surface area contributed by atoms with Crippen molar-refractivity contribution in [3.63, 3.8) is 0 Å². The molecule has 1 aliphatic rings. The Labute approximate surface area is 198 Å². The average Bonchev–Trinajstić information content (AvgIpc) is 2.75. The van der Waals surface area contributed by atoms with Gasteiger partial charge in [-0.2, -0.15) is 0 Å². The third kappa shape index (κ3) is 5.31. The summed E-state index contributed by atoms with van der Waals surface area (Å²) in [6, 6.07) is 21.7. The Bertz CT molecular complexity index is 1110. The number of carbonyl (C=O) groups is 1. The largest absolute Gasteiger partial charge is 0.368 e. The number of halogens is 1. The van der Waals surface area contributed by atoms with E-state index < -0.39 is 0 Å². The molecule has 0 saturated carbocycles. The number of carbonyl (C=O) groups excluding carboxylic acids is 1. The van der Waals surface area contributed by atoms with Crippen LogP contribution in [0.3, 0.4) is 0 Å². The van der Waals surface area contributed by atoms with E-state index in [-0.39, 0.29) is 11.4 Å². The van der Waals surface area contributed by atoms with Crippen LogP contribution in [-0.2, 0) is 0 Å². The molecule has 4 rings (SSSR count). The van der Waals surface area contributed by atoms with Gasteiger partial charge in [-0.25, -0.2) is 0 Å². The summed E-state index contributed by atoms with van der Waals surface area (Å²) in [5.74, 6) is -0.150. The normalized spacial score (nSPS) is 15.3. The van der Waals surface area contributed by atoms with Gasteiger partial charge in [0.15, 0.2) is 0 Å². The molecule has 6 heteroatoms. The second-order valence-corrected chi connectivity index (χ2v) is 9.74. The summed E-state index contributed by atoms with van der Waals surface area (Å²) in [6.45, 7) is 9.30. The van der Waals surface area contributed by atoms with E-state index in [9.17, 15) is 4.79 Å². The quantitative estimate of drug-likeness (QED) is 0.412. The molecule has 166 valence electrons. The van der Waals surface area contributed by atoms with E-state index in [2.05, 4.69) is 63.6 Å². The fourth-order valence-electron chi connectivity index (χ4n) is 3.97. The second kappa shape index (κ2) is 9.35. The number of hydrogen-bond donors (Lipinski definition) is 3. The Kier molecular flexibility index (Phi) is 6.53. The maximum Gasteiger partial charge on any atom is 0.257 e. The molecule has 0 aliphatic carbocycles. The van der Waals surface area contributed by atoms with Gasteiger partial charge < -0.3 is 20.9 Å². The molecular formula is C26H29BrN4O. The van der Waals surface area contributed by atoms with Gasteiger partial charge in [-0.3, -0.25) is 4.79 Å². The van der Waals surface area contributed by atoms with E-state index in [1.165, 1.54) is 5.56 Å². The van der Waals surface area contributed by atoms with Gasteiger partial charge >= 0.3 is 0 Å². The molecule has 32 heavy (non-hydrogen) atoms. The van der Waals surface area contributed by atoms with Crippen molar-refractivity contribution in [1.29, 1.82) is 0 Å². The maximum absolute atomic E-state index is 13.1. The standard InChI is InChI=1S/C26H29BrN4O/c1-18-8-10-19(11-9-18)29-23-7-5-4-6-21(23)25(32)30-20-12-13-24(22(27)16-20)31-15-14-28-26(2,3)17-31/h4-13,16,28-29H,14-15,17H2,1-3H3,(H,30,32). The summed E-state index contributed by atoms with van der Waals surface area (Å²) < 4.78 is 0.971. The number of para-hydroxylation sites is 1. The van der Waals surface area contributed by atoms with Crippen molar-refractivity contribution >= 4 is 44.6 Å². The van der Waals surface area contributed by atoms with Crippen LogP contribution in [0.25, 0.3) is 0 Å². The minimum absolute atomic E-state index is 0.0682. The molecule has 3 N–H and O–H groups in total. The first-order valence-corrected chi connectivity index (χ1v) is 11.6. The first kappa shape index (κ1) is 22.4. The molecule has 0 bridgehead atoms. The molecule has 0 atom stereocenters. The van der Waals surface area contributed by atoms with Gasteiger partial charge in [0.2, 0.25) is 0 Å². The summed E-state index contributed by atoms with van der Waals surface area (Å²) in [7, 11) is 0. The van der Waals surface area contributed by atoms with E-state index in [0.717, 1.165) is 46.9 Å². The lowest BCUT2D eigenvalue weighted by Crippen LogP contribution is -2.57. The number of benzene rings is 3. The Hall–Kier alpha value is -2.83. The molecule has 0 spiro atoms. The summed E-state index contributed by atoms with van der Waals surface area (Å²) >= 11 is 3.71. The van der Waals surface area contributed by atoms with Crippen molar-refractivity contribution in [3.8, 4) is 0 Å². The molecule has 5 nitrogen and oxygen atoms in total. The average molecular weight is 493 g/mol. The number of anilines is 4. The maximum atomic E-state index is 13.1. The molecular weight excluding hydrogens is 464 g/mol. The number of amides is 1. The summed E-state index contributed by atoms with van der Waals surface area (Å²) in [6.07, 6.45) is 0. The number of aryl methyl sites for hydroxylation is 1. The monoisotopic (exact) mass is 492 g/mol. The number of nitrogens with zero attached hydrogens (tertiary/aromatic N) is 1. The van der Waals surface area contributed by atoms with E-state index in [1.54, 1.807) is 0 Å². The first-order valence-electron chi connectivity index (χ1n) is 10.8. The highest BCUT2D eigenvalue weighted by atomic mass is 79.9. The minimum Gasteiger partial charge on any atom is -0.368 e. The Balaban J connectivity index is 1.50. The van der Waals surface area contributed by atoms with Gasteiger partial charge in [0.05, 0.1) is 16.9 Å². The Morgan fingerprint density at radius 3 is 2.47 bits per heavy atom. The molecule has 1 saturated heterocycles. The third-order valence-electron chi connectivity index (χ3n) is 5.62. The number of nitrogens with one attached hydrogen (secondary N) is 3. The summed E-state index contributed by atoms with van der Waals surface area (Å²) in [5, 5.41) is 9.93. The van der Waals surface area contributed by atoms with E-state index in [1.807, 2.05) is 60.7 Å². The third-order valence-corrected chi connectivity index (χ3v) is 6.26. The van der Waals surface area contributed by atoms with Gasteiger partial charge in [0, 0.05) is 41.0 Å². The molecule has 0 radical (unpaired) electrons. The van der Waals surface area contributed by atoms with Gasteiger partial charge in [-0.15, -0.1) is 0 Å². The van der Waals surface area contributed by atoms with Crippen molar-refractivity contribution in [2.24, 2.45) is 0 Å². The van der Waals surface area contributed by atoms with Crippen molar-refractivity contribution in [1.82, 2.24) is 5.32 Å². The van der Waals surface area contributed by atoms with Gasteiger partial charge in [-0.1, -0.05) is 29.8 Å². The molecule has 1 amide bonds. The molecule has 0 aromatic heterocycles. The molecule has 1 fully saturated rings.